The van der Waals surface area contributed by atoms with E-state index >= 15 is 0 Å². The highest BCUT2D eigenvalue weighted by atomic mass is 19.4. The van der Waals surface area contributed by atoms with E-state index in [9.17, 15) is 13.2 Å². The molecule has 34 heavy (non-hydrogen) atoms. The van der Waals surface area contributed by atoms with Crippen LogP contribution in [0.25, 0.3) is 16.8 Å². The Bertz CT molecular complexity index is 1320. The van der Waals surface area contributed by atoms with Crippen molar-refractivity contribution in [1.29, 1.82) is 0 Å². The summed E-state index contributed by atoms with van der Waals surface area (Å²) in [5.74, 6) is -0.129. The number of alkyl halides is 3. The molecule has 0 aliphatic carbocycles. The van der Waals surface area contributed by atoms with Gasteiger partial charge < -0.3 is 15.4 Å². The highest BCUT2D eigenvalue weighted by molar-refractivity contribution is 5.72. The Balaban J connectivity index is 1.40. The summed E-state index contributed by atoms with van der Waals surface area (Å²) in [5.41, 5.74) is 2.65. The Kier molecular flexibility index (Phi) is 5.60. The number of fused-ring (bicyclic) bond motifs is 1. The Morgan fingerprint density at radius 2 is 2.06 bits per heavy atom. The molecule has 0 unspecified atom stereocenters. The first-order chi connectivity index (χ1) is 16.3. The Morgan fingerprint density at radius 1 is 1.21 bits per heavy atom. The molecule has 0 amide bonds. The fourth-order valence-corrected chi connectivity index (χ4v) is 4.03. The van der Waals surface area contributed by atoms with E-state index in [1.54, 1.807) is 27.7 Å². The molecule has 0 saturated carbocycles. The number of pyridine rings is 1. The fourth-order valence-electron chi connectivity index (χ4n) is 4.03. The average Bonchev–Trinajstić information content (AvgIpc) is 3.50. The third-order valence-corrected chi connectivity index (χ3v) is 5.61. The number of nitrogens with zero attached hydrogens (tertiary/aromatic N) is 6. The van der Waals surface area contributed by atoms with E-state index in [0.29, 0.717) is 24.2 Å². The van der Waals surface area contributed by atoms with E-state index in [2.05, 4.69) is 30.8 Å². The van der Waals surface area contributed by atoms with E-state index in [1.807, 2.05) is 19.2 Å². The van der Waals surface area contributed by atoms with E-state index in [1.165, 1.54) is 13.0 Å². The number of rotatable bonds is 6. The first-order valence-corrected chi connectivity index (χ1v) is 10.8. The maximum Gasteiger partial charge on any atom is 0.451 e. The van der Waals surface area contributed by atoms with Crippen LogP contribution >= 0.6 is 0 Å². The van der Waals surface area contributed by atoms with Gasteiger partial charge in [-0.1, -0.05) is 0 Å². The topological polar surface area (TPSA) is 94.2 Å². The zero-order valence-corrected chi connectivity index (χ0v) is 18.6. The molecule has 1 aliphatic heterocycles. The molecule has 0 radical (unpaired) electrons. The Labute approximate surface area is 193 Å². The SMILES string of the molecule is Cc1cc(Nc2cc3cc(-c4c(OC[C@H]5CCCN5)cnn4C)ccn3n2)nc(C(F)(F)F)n1. The molecule has 4 aromatic heterocycles. The van der Waals surface area contributed by atoms with Crippen molar-refractivity contribution in [3.8, 4) is 17.0 Å². The van der Waals surface area contributed by atoms with Crippen molar-refractivity contribution in [1.82, 2.24) is 34.7 Å². The Hall–Kier alpha value is -3.67. The maximum atomic E-state index is 13.0. The molecular weight excluding hydrogens is 449 g/mol. The second-order valence-electron chi connectivity index (χ2n) is 8.24. The molecule has 2 N–H and O–H groups in total. The summed E-state index contributed by atoms with van der Waals surface area (Å²) in [4.78, 5) is 7.04. The standard InChI is InChI=1S/C22H23F3N8O/c1-13-8-18(30-21(28-13)22(23,24)25)29-19-10-16-9-14(5-7-33(16)31-19)20-17(11-27-32(20)2)34-12-15-4-3-6-26-15/h5,7-11,15,26H,3-4,6,12H2,1-2H3,(H,28,29,30,31)/t15-/m1/s1. The summed E-state index contributed by atoms with van der Waals surface area (Å²) in [6.07, 6.45) is 1.08. The van der Waals surface area contributed by atoms with Crippen molar-refractivity contribution in [3.05, 3.63) is 48.2 Å². The largest absolute Gasteiger partial charge is 0.488 e. The van der Waals surface area contributed by atoms with Crippen molar-refractivity contribution in [2.24, 2.45) is 7.05 Å². The van der Waals surface area contributed by atoms with Crippen LogP contribution in [0.5, 0.6) is 5.75 Å². The monoisotopic (exact) mass is 472 g/mol. The van der Waals surface area contributed by atoms with Crippen LogP contribution in [0.15, 0.2) is 36.7 Å². The minimum Gasteiger partial charge on any atom is -0.488 e. The van der Waals surface area contributed by atoms with Crippen LogP contribution in [-0.2, 0) is 13.2 Å². The van der Waals surface area contributed by atoms with Gasteiger partial charge >= 0.3 is 6.18 Å². The normalized spacial score (nSPS) is 16.3. The van der Waals surface area contributed by atoms with Crippen LogP contribution < -0.4 is 15.4 Å². The molecule has 0 bridgehead atoms. The number of halogens is 3. The molecule has 0 aromatic carbocycles. The van der Waals surface area contributed by atoms with Gasteiger partial charge in [0.1, 0.15) is 18.1 Å². The van der Waals surface area contributed by atoms with Crippen LogP contribution in [0.1, 0.15) is 24.4 Å². The molecule has 0 spiro atoms. The quantitative estimate of drug-likeness (QED) is 0.442. The van der Waals surface area contributed by atoms with Crippen molar-refractivity contribution in [3.63, 3.8) is 0 Å². The highest BCUT2D eigenvalue weighted by Crippen LogP contribution is 2.31. The molecule has 5 heterocycles. The lowest BCUT2D eigenvalue weighted by molar-refractivity contribution is -0.145. The van der Waals surface area contributed by atoms with Gasteiger partial charge in [-0.2, -0.15) is 23.4 Å². The number of hydrogen-bond donors (Lipinski definition) is 2. The zero-order valence-electron chi connectivity index (χ0n) is 18.6. The van der Waals surface area contributed by atoms with Crippen LogP contribution in [0.4, 0.5) is 24.8 Å². The van der Waals surface area contributed by atoms with Gasteiger partial charge in [0.2, 0.25) is 5.82 Å². The number of nitrogens with one attached hydrogen (secondary N) is 2. The van der Waals surface area contributed by atoms with E-state index in [0.717, 1.165) is 36.2 Å². The van der Waals surface area contributed by atoms with Crippen molar-refractivity contribution in [2.45, 2.75) is 32.0 Å². The predicted molar refractivity (Wildman–Crippen MR) is 119 cm³/mol. The van der Waals surface area contributed by atoms with E-state index in [-0.39, 0.29) is 11.5 Å². The molecule has 9 nitrogen and oxygen atoms in total. The molecule has 5 rings (SSSR count). The number of aromatic nitrogens is 6. The van der Waals surface area contributed by atoms with Crippen molar-refractivity contribution >= 4 is 17.2 Å². The van der Waals surface area contributed by atoms with Gasteiger partial charge in [-0.05, 0) is 38.4 Å². The number of anilines is 2. The summed E-state index contributed by atoms with van der Waals surface area (Å²) in [6.45, 7) is 3.06. The molecule has 1 atom stereocenters. The Morgan fingerprint density at radius 3 is 2.82 bits per heavy atom. The average molecular weight is 472 g/mol. The zero-order chi connectivity index (χ0) is 23.9. The predicted octanol–water partition coefficient (Wildman–Crippen LogP) is 3.73. The summed E-state index contributed by atoms with van der Waals surface area (Å²) in [7, 11) is 1.85. The van der Waals surface area contributed by atoms with Crippen LogP contribution in [0.3, 0.4) is 0 Å². The summed E-state index contributed by atoms with van der Waals surface area (Å²) < 4.78 is 48.6. The summed E-state index contributed by atoms with van der Waals surface area (Å²) in [5, 5.41) is 15.0. The second-order valence-corrected chi connectivity index (χ2v) is 8.24. The van der Waals surface area contributed by atoms with Crippen LogP contribution in [0.2, 0.25) is 0 Å². The second kappa shape index (κ2) is 8.60. The molecular formula is C22H23F3N8O. The van der Waals surface area contributed by atoms with E-state index in [4.69, 9.17) is 4.74 Å². The molecule has 1 aliphatic rings. The lowest BCUT2D eigenvalue weighted by Crippen LogP contribution is -2.28. The maximum absolute atomic E-state index is 13.0. The number of aryl methyl sites for hydroxylation is 2. The van der Waals surface area contributed by atoms with E-state index < -0.39 is 12.0 Å². The van der Waals surface area contributed by atoms with Gasteiger partial charge in [0.25, 0.3) is 0 Å². The molecule has 1 saturated heterocycles. The molecule has 178 valence electrons. The number of hydrogen-bond acceptors (Lipinski definition) is 7. The lowest BCUT2D eigenvalue weighted by atomic mass is 10.1. The first kappa shape index (κ1) is 22.1. The summed E-state index contributed by atoms with van der Waals surface area (Å²) >= 11 is 0. The van der Waals surface area contributed by atoms with Crippen LogP contribution in [-0.4, -0.2) is 48.6 Å². The molecule has 12 heteroatoms. The molecule has 4 aromatic rings. The van der Waals surface area contributed by atoms with Gasteiger partial charge in [-0.25, -0.2) is 14.5 Å². The lowest BCUT2D eigenvalue weighted by Gasteiger charge is -2.13. The minimum atomic E-state index is -4.63. The van der Waals surface area contributed by atoms with Gasteiger partial charge in [-0.3, -0.25) is 4.68 Å². The molecule has 1 fully saturated rings. The highest BCUT2D eigenvalue weighted by Gasteiger charge is 2.35. The summed E-state index contributed by atoms with van der Waals surface area (Å²) in [6, 6.07) is 7.30. The third-order valence-electron chi connectivity index (χ3n) is 5.61. The van der Waals surface area contributed by atoms with Gasteiger partial charge in [0, 0.05) is 42.7 Å². The van der Waals surface area contributed by atoms with Crippen LogP contribution in [0, 0.1) is 6.92 Å². The first-order valence-electron chi connectivity index (χ1n) is 10.8. The fraction of sp³-hybridized carbons (Fsp3) is 0.364. The smallest absolute Gasteiger partial charge is 0.451 e. The van der Waals surface area contributed by atoms with Gasteiger partial charge in [0.05, 0.1) is 11.7 Å². The van der Waals surface area contributed by atoms with Gasteiger partial charge in [-0.15, -0.1) is 0 Å². The number of ether oxygens (including phenoxy) is 1. The third kappa shape index (κ3) is 4.53. The van der Waals surface area contributed by atoms with Gasteiger partial charge in [0.15, 0.2) is 11.6 Å². The van der Waals surface area contributed by atoms with Crippen molar-refractivity contribution < 1.29 is 17.9 Å². The van der Waals surface area contributed by atoms with Crippen molar-refractivity contribution in [2.75, 3.05) is 18.5 Å². The minimum absolute atomic E-state index is 0.0197.